The van der Waals surface area contributed by atoms with Crippen molar-refractivity contribution in [3.8, 4) is 0 Å². The summed E-state index contributed by atoms with van der Waals surface area (Å²) in [6, 6.07) is 7.00. The lowest BCUT2D eigenvalue weighted by molar-refractivity contribution is -0.144. The molecular formula is C64H102N18O12. The van der Waals surface area contributed by atoms with Crippen molar-refractivity contribution >= 4 is 76.8 Å². The molecule has 2 fully saturated rings. The number of aliphatic imine (C=N–C) groups is 1. The molecule has 12 amide bonds. The highest BCUT2D eigenvalue weighted by Crippen LogP contribution is 2.24. The topological polar surface area (TPSA) is 502 Å². The second-order valence-corrected chi connectivity index (χ2v) is 25.0. The van der Waals surface area contributed by atoms with Crippen molar-refractivity contribution in [3.05, 3.63) is 71.8 Å². The summed E-state index contributed by atoms with van der Waals surface area (Å²) >= 11 is 0. The van der Waals surface area contributed by atoms with Crippen molar-refractivity contribution in [1.29, 1.82) is 0 Å². The molecule has 0 aromatic heterocycles. The van der Waals surface area contributed by atoms with Crippen molar-refractivity contribution in [1.82, 2.24) is 52.3 Å². The average molecular weight is 1320 g/mol. The molecule has 2 aliphatic heterocycles. The smallest absolute Gasteiger partial charge is 0.245 e. The molecule has 2 aromatic carbocycles. The monoisotopic (exact) mass is 1310 g/mol. The van der Waals surface area contributed by atoms with E-state index in [0.29, 0.717) is 45.1 Å². The van der Waals surface area contributed by atoms with Crippen LogP contribution in [-0.2, 0) is 70.4 Å². The first-order valence-corrected chi connectivity index (χ1v) is 32.6. The van der Waals surface area contributed by atoms with Gasteiger partial charge in [0, 0.05) is 45.1 Å². The van der Waals surface area contributed by atoms with Gasteiger partial charge in [0.15, 0.2) is 5.96 Å². The van der Waals surface area contributed by atoms with Gasteiger partial charge in [-0.1, -0.05) is 88.4 Å². The maximum absolute atomic E-state index is 14.6. The van der Waals surface area contributed by atoms with Gasteiger partial charge in [-0.3, -0.25) is 62.5 Å². The van der Waals surface area contributed by atoms with Crippen LogP contribution in [0.2, 0.25) is 0 Å². The summed E-state index contributed by atoms with van der Waals surface area (Å²) < 4.78 is 0. The Labute approximate surface area is 550 Å². The third kappa shape index (κ3) is 27.4. The lowest BCUT2D eigenvalue weighted by atomic mass is 10.00. The summed E-state index contributed by atoms with van der Waals surface area (Å²) in [5, 5.41) is 22.3. The Bertz CT molecular complexity index is 2880. The Hall–Kier alpha value is -8.77. The van der Waals surface area contributed by atoms with Crippen molar-refractivity contribution in [2.24, 2.45) is 57.0 Å². The lowest BCUT2D eigenvalue weighted by Gasteiger charge is -2.32. The third-order valence-corrected chi connectivity index (χ3v) is 16.2. The third-order valence-electron chi connectivity index (χ3n) is 16.2. The van der Waals surface area contributed by atoms with E-state index < -0.39 is 144 Å². The summed E-state index contributed by atoms with van der Waals surface area (Å²) in [4.78, 5) is 170. The fourth-order valence-electron chi connectivity index (χ4n) is 11.3. The zero-order valence-corrected chi connectivity index (χ0v) is 54.7. The highest BCUT2D eigenvalue weighted by molar-refractivity contribution is 5.98. The van der Waals surface area contributed by atoms with Crippen LogP contribution in [0.1, 0.15) is 135 Å². The number of primary amides is 3. The van der Waals surface area contributed by atoms with E-state index in [4.69, 9.17) is 40.1 Å². The SMILES string of the molecule is CC(C)C[C@H](NC(=O)[C@H](CC(C)C)NC(=O)CNC(=O)[C@H](Cc1ccccc1)NC[C@H](Cc1ccccc1)NC(=O)[C@H](CCC(N)=O)NC(=O)[C@H](CCC(N)=O)NC(=O)[C@@H]1CCCN1C(=O)[C@H](CCCCN)NC(=O)[C@@H]1CCCN1C(=O)[C@@H](N)CCCN=C(N)N)C(N)=O. The van der Waals surface area contributed by atoms with Crippen LogP contribution in [0, 0.1) is 11.8 Å². The van der Waals surface area contributed by atoms with Crippen molar-refractivity contribution in [2.45, 2.75) is 197 Å². The Morgan fingerprint density at radius 1 is 0.532 bits per heavy atom. The van der Waals surface area contributed by atoms with Crippen LogP contribution >= 0.6 is 0 Å². The molecule has 0 radical (unpaired) electrons. The van der Waals surface area contributed by atoms with Gasteiger partial charge in [-0.15, -0.1) is 0 Å². The molecule has 30 heteroatoms. The second kappa shape index (κ2) is 40.4. The molecule has 2 heterocycles. The van der Waals surface area contributed by atoms with Gasteiger partial charge in [0.1, 0.15) is 42.3 Å². The molecular weight excluding hydrogens is 1210 g/mol. The summed E-state index contributed by atoms with van der Waals surface area (Å²) in [5.41, 5.74) is 41.1. The predicted molar refractivity (Wildman–Crippen MR) is 352 cm³/mol. The van der Waals surface area contributed by atoms with Gasteiger partial charge in [-0.2, -0.15) is 0 Å². The predicted octanol–water partition coefficient (Wildman–Crippen LogP) is -2.94. The minimum Gasteiger partial charge on any atom is -0.370 e. The molecule has 2 saturated heterocycles. The van der Waals surface area contributed by atoms with E-state index in [1.807, 2.05) is 52.0 Å². The van der Waals surface area contributed by atoms with E-state index in [0.717, 1.165) is 11.1 Å². The van der Waals surface area contributed by atoms with Gasteiger partial charge < -0.3 is 92.5 Å². The van der Waals surface area contributed by atoms with Gasteiger partial charge in [-0.05, 0) is 126 Å². The number of carbonyl (C=O) groups excluding carboxylic acids is 12. The number of guanidine groups is 1. The molecule has 2 aromatic rings. The zero-order chi connectivity index (χ0) is 69.4. The highest BCUT2D eigenvalue weighted by atomic mass is 16.2. The molecule has 0 unspecified atom stereocenters. The number of unbranched alkanes of at least 4 members (excludes halogenated alkanes) is 1. The molecule has 0 aliphatic carbocycles. The number of hydrogen-bond donors (Lipinski definition) is 15. The van der Waals surface area contributed by atoms with Gasteiger partial charge in [0.05, 0.1) is 18.6 Å². The molecule has 0 bridgehead atoms. The van der Waals surface area contributed by atoms with Gasteiger partial charge in [0.25, 0.3) is 0 Å². The fourth-order valence-corrected chi connectivity index (χ4v) is 11.3. The van der Waals surface area contributed by atoms with Gasteiger partial charge in [0.2, 0.25) is 70.9 Å². The van der Waals surface area contributed by atoms with E-state index in [1.54, 1.807) is 36.4 Å². The number of amides is 12. The number of likely N-dealkylation sites (tertiary alicyclic amines) is 2. The van der Waals surface area contributed by atoms with Gasteiger partial charge >= 0.3 is 0 Å². The van der Waals surface area contributed by atoms with Crippen molar-refractivity contribution in [2.75, 3.05) is 39.3 Å². The van der Waals surface area contributed by atoms with E-state index in [9.17, 15) is 57.5 Å². The molecule has 4 rings (SSSR count). The maximum Gasteiger partial charge on any atom is 0.245 e. The van der Waals surface area contributed by atoms with Crippen molar-refractivity contribution < 1.29 is 57.5 Å². The number of benzene rings is 2. The van der Waals surface area contributed by atoms with E-state index in [2.05, 4.69) is 47.5 Å². The summed E-state index contributed by atoms with van der Waals surface area (Å²) in [6.45, 7) is 7.78. The molecule has 520 valence electrons. The molecule has 0 spiro atoms. The fraction of sp³-hybridized carbons (Fsp3) is 0.609. The normalized spacial score (nSPS) is 17.0. The highest BCUT2D eigenvalue weighted by Gasteiger charge is 2.42. The molecule has 22 N–H and O–H groups in total. The first kappa shape index (κ1) is 77.7. The molecule has 0 saturated carbocycles. The Morgan fingerprint density at radius 3 is 1.56 bits per heavy atom. The Morgan fingerprint density at radius 2 is 1.03 bits per heavy atom. The first-order valence-electron chi connectivity index (χ1n) is 32.6. The van der Waals surface area contributed by atoms with E-state index in [1.165, 1.54) is 9.80 Å². The largest absolute Gasteiger partial charge is 0.370 e. The molecule has 30 nitrogen and oxygen atoms in total. The number of nitrogens with two attached hydrogens (primary N) is 7. The van der Waals surface area contributed by atoms with Crippen LogP contribution in [0.15, 0.2) is 65.7 Å². The summed E-state index contributed by atoms with van der Waals surface area (Å²) in [6.07, 6.45) is 2.44. The molecule has 94 heavy (non-hydrogen) atoms. The molecule has 2 aliphatic rings. The number of rotatable bonds is 42. The van der Waals surface area contributed by atoms with E-state index in [-0.39, 0.29) is 108 Å². The minimum atomic E-state index is -1.52. The van der Waals surface area contributed by atoms with Crippen LogP contribution in [0.5, 0.6) is 0 Å². The standard InChI is InChI=1S/C64H102N18O12/c1-38(2)32-47(55(69)86)80-59(90)49(33-39(3)4)76-54(85)37-74-56(87)48(35-41-18-9-6-10-19-41)73-36-42(34-40-16-7-5-8-17-40)75-57(88)44(24-26-52(67)83)77-58(89)45(25-27-53(68)84)78-60(91)51-23-15-31-82(51)63(94)46(21-11-12-28-65)79-61(92)50-22-14-30-81(50)62(93)43(66)20-13-29-72-64(70)71/h5-10,16-19,38-39,42-51,73H,11-15,20-37,65-66H2,1-4H3,(H2,67,83)(H2,68,84)(H2,69,86)(H,74,87)(H,75,88)(H,76,85)(H,77,89)(H,78,91)(H,79,92)(H,80,90)(H4,70,71,72)/t42-,43-,44-,45-,46-,47-,48-,49-,50-,51-/m0/s1. The number of carbonyl (C=O) groups is 12. The Kier molecular flexibility index (Phi) is 33.4. The minimum absolute atomic E-state index is 0.0282. The van der Waals surface area contributed by atoms with E-state index >= 15 is 0 Å². The number of nitrogens with one attached hydrogen (secondary N) is 8. The second-order valence-electron chi connectivity index (χ2n) is 25.0. The number of nitrogens with zero attached hydrogens (tertiary/aromatic N) is 3. The van der Waals surface area contributed by atoms with Crippen LogP contribution in [0.25, 0.3) is 0 Å². The zero-order valence-electron chi connectivity index (χ0n) is 54.7. The summed E-state index contributed by atoms with van der Waals surface area (Å²) in [7, 11) is 0. The first-order chi connectivity index (χ1) is 44.7. The van der Waals surface area contributed by atoms with Crippen LogP contribution in [0.4, 0.5) is 0 Å². The van der Waals surface area contributed by atoms with Crippen LogP contribution in [0.3, 0.4) is 0 Å². The quantitative estimate of drug-likeness (QED) is 0.0180. The van der Waals surface area contributed by atoms with Crippen molar-refractivity contribution in [3.63, 3.8) is 0 Å². The Balaban J connectivity index is 1.54. The maximum atomic E-state index is 14.6. The van der Waals surface area contributed by atoms with Crippen LogP contribution in [-0.4, -0.2) is 186 Å². The molecule has 10 atom stereocenters. The lowest BCUT2D eigenvalue weighted by Crippen LogP contribution is -2.59. The van der Waals surface area contributed by atoms with Gasteiger partial charge in [-0.25, -0.2) is 0 Å². The summed E-state index contributed by atoms with van der Waals surface area (Å²) in [5.74, 6) is -8.45. The average Bonchev–Trinajstić information content (AvgIpc) is 1.65. The van der Waals surface area contributed by atoms with Crippen LogP contribution < -0.4 is 82.7 Å². The number of hydrogen-bond acceptors (Lipinski definition) is 16.